The third kappa shape index (κ3) is 3.79. The first-order valence-corrected chi connectivity index (χ1v) is 4.41. The molecule has 2 N–H and O–H groups in total. The van der Waals surface area contributed by atoms with Crippen molar-refractivity contribution >= 4 is 0 Å². The lowest BCUT2D eigenvalue weighted by Crippen LogP contribution is -2.20. The summed E-state index contributed by atoms with van der Waals surface area (Å²) >= 11 is 0. The Bertz CT molecular complexity index is 336. The maximum Gasteiger partial charge on any atom is 0.422 e. The van der Waals surface area contributed by atoms with E-state index in [1.165, 1.54) is 0 Å². The zero-order chi connectivity index (χ0) is 11.5. The zero-order valence-electron chi connectivity index (χ0n) is 8.27. The second kappa shape index (κ2) is 4.53. The molecule has 0 heterocycles. The van der Waals surface area contributed by atoms with Crippen LogP contribution in [0, 0.1) is 6.92 Å². The molecule has 1 rings (SSSR count). The van der Waals surface area contributed by atoms with E-state index < -0.39 is 12.8 Å². The lowest BCUT2D eigenvalue weighted by atomic mass is 10.1. The van der Waals surface area contributed by atoms with Crippen molar-refractivity contribution in [3.8, 4) is 5.75 Å². The van der Waals surface area contributed by atoms with Gasteiger partial charge in [-0.2, -0.15) is 13.2 Å². The predicted octanol–water partition coefficient (Wildman–Crippen LogP) is 2.39. The molecule has 0 fully saturated rings. The molecule has 0 unspecified atom stereocenters. The Morgan fingerprint density at radius 1 is 1.33 bits per heavy atom. The van der Waals surface area contributed by atoms with Gasteiger partial charge in [-0.3, -0.25) is 0 Å². The molecule has 0 aliphatic heterocycles. The molecule has 0 spiro atoms. The molecule has 0 amide bonds. The summed E-state index contributed by atoms with van der Waals surface area (Å²) in [5.41, 5.74) is 6.79. The normalized spacial score (nSPS) is 11.5. The average Bonchev–Trinajstić information content (AvgIpc) is 2.14. The van der Waals surface area contributed by atoms with Crippen molar-refractivity contribution in [1.29, 1.82) is 0 Å². The van der Waals surface area contributed by atoms with Gasteiger partial charge < -0.3 is 10.5 Å². The van der Waals surface area contributed by atoms with Crippen molar-refractivity contribution in [1.82, 2.24) is 0 Å². The highest BCUT2D eigenvalue weighted by molar-refractivity contribution is 5.37. The second-order valence-corrected chi connectivity index (χ2v) is 3.22. The first-order valence-electron chi connectivity index (χ1n) is 4.41. The van der Waals surface area contributed by atoms with Crippen molar-refractivity contribution in [2.75, 3.05) is 6.61 Å². The van der Waals surface area contributed by atoms with Crippen LogP contribution >= 0.6 is 0 Å². The largest absolute Gasteiger partial charge is 0.484 e. The number of alkyl halides is 3. The molecular formula is C10H12F3NO. The van der Waals surface area contributed by atoms with Gasteiger partial charge in [0, 0.05) is 12.1 Å². The molecule has 1 aromatic carbocycles. The van der Waals surface area contributed by atoms with Crippen LogP contribution in [0.4, 0.5) is 13.2 Å². The molecule has 15 heavy (non-hydrogen) atoms. The highest BCUT2D eigenvalue weighted by Crippen LogP contribution is 2.23. The molecule has 0 saturated heterocycles. The molecular weight excluding hydrogens is 207 g/mol. The summed E-state index contributed by atoms with van der Waals surface area (Å²) in [5, 5.41) is 0. The summed E-state index contributed by atoms with van der Waals surface area (Å²) in [6.45, 7) is 0.650. The van der Waals surface area contributed by atoms with E-state index >= 15 is 0 Å². The average molecular weight is 219 g/mol. The number of nitrogens with two attached hydrogens (primary N) is 1. The van der Waals surface area contributed by atoms with Crippen LogP contribution in [0.5, 0.6) is 5.75 Å². The summed E-state index contributed by atoms with van der Waals surface area (Å²) in [7, 11) is 0. The quantitative estimate of drug-likeness (QED) is 0.847. The van der Waals surface area contributed by atoms with Gasteiger partial charge in [0.2, 0.25) is 0 Å². The van der Waals surface area contributed by atoms with Gasteiger partial charge in [-0.05, 0) is 18.6 Å². The summed E-state index contributed by atoms with van der Waals surface area (Å²) < 4.78 is 40.4. The van der Waals surface area contributed by atoms with Gasteiger partial charge in [-0.15, -0.1) is 0 Å². The van der Waals surface area contributed by atoms with Crippen molar-refractivity contribution in [2.45, 2.75) is 19.6 Å². The van der Waals surface area contributed by atoms with Gasteiger partial charge in [0.15, 0.2) is 6.61 Å². The highest BCUT2D eigenvalue weighted by atomic mass is 19.4. The molecule has 0 aliphatic carbocycles. The number of rotatable bonds is 3. The number of aryl methyl sites for hydroxylation is 1. The van der Waals surface area contributed by atoms with E-state index in [1.807, 2.05) is 0 Å². The van der Waals surface area contributed by atoms with E-state index in [1.54, 1.807) is 25.1 Å². The standard InChI is InChI=1S/C10H12F3NO/c1-7-2-3-8(5-14)9(4-7)15-6-10(11,12)13/h2-4H,5-6,14H2,1H3. The van der Waals surface area contributed by atoms with Crippen LogP contribution in [0.2, 0.25) is 0 Å². The Morgan fingerprint density at radius 2 is 2.00 bits per heavy atom. The zero-order valence-corrected chi connectivity index (χ0v) is 8.27. The Morgan fingerprint density at radius 3 is 2.53 bits per heavy atom. The number of halogens is 3. The van der Waals surface area contributed by atoms with Crippen LogP contribution in [-0.4, -0.2) is 12.8 Å². The molecule has 2 nitrogen and oxygen atoms in total. The second-order valence-electron chi connectivity index (χ2n) is 3.22. The van der Waals surface area contributed by atoms with Crippen LogP contribution in [0.25, 0.3) is 0 Å². The van der Waals surface area contributed by atoms with E-state index in [9.17, 15) is 13.2 Å². The van der Waals surface area contributed by atoms with Crippen LogP contribution in [0.1, 0.15) is 11.1 Å². The van der Waals surface area contributed by atoms with Crippen molar-refractivity contribution < 1.29 is 17.9 Å². The Hall–Kier alpha value is -1.23. The Balaban J connectivity index is 2.79. The topological polar surface area (TPSA) is 35.2 Å². The Kier molecular flexibility index (Phi) is 3.57. The van der Waals surface area contributed by atoms with E-state index in [2.05, 4.69) is 4.74 Å². The lowest BCUT2D eigenvalue weighted by Gasteiger charge is -2.12. The predicted molar refractivity (Wildman–Crippen MR) is 50.6 cm³/mol. The fraction of sp³-hybridized carbons (Fsp3) is 0.400. The van der Waals surface area contributed by atoms with Crippen molar-refractivity contribution in [2.24, 2.45) is 5.73 Å². The Labute approximate surface area is 85.8 Å². The summed E-state index contributed by atoms with van der Waals surface area (Å²) in [5.74, 6) is 0.204. The number of ether oxygens (including phenoxy) is 1. The number of hydrogen-bond acceptors (Lipinski definition) is 2. The molecule has 84 valence electrons. The third-order valence-electron chi connectivity index (χ3n) is 1.83. The van der Waals surface area contributed by atoms with Crippen LogP contribution in [-0.2, 0) is 6.54 Å². The summed E-state index contributed by atoms with van der Waals surface area (Å²) in [4.78, 5) is 0. The first kappa shape index (κ1) is 11.8. The lowest BCUT2D eigenvalue weighted by molar-refractivity contribution is -0.153. The minimum atomic E-state index is -4.32. The van der Waals surface area contributed by atoms with Crippen LogP contribution < -0.4 is 10.5 Å². The first-order chi connectivity index (χ1) is 6.92. The third-order valence-corrected chi connectivity index (χ3v) is 1.83. The fourth-order valence-corrected chi connectivity index (χ4v) is 1.12. The van der Waals surface area contributed by atoms with Gasteiger partial charge in [0.05, 0.1) is 0 Å². The summed E-state index contributed by atoms with van der Waals surface area (Å²) in [6.07, 6.45) is -4.32. The van der Waals surface area contributed by atoms with E-state index in [-0.39, 0.29) is 12.3 Å². The van der Waals surface area contributed by atoms with Gasteiger partial charge in [-0.25, -0.2) is 0 Å². The molecule has 0 saturated carbocycles. The maximum atomic E-state index is 11.9. The van der Waals surface area contributed by atoms with Gasteiger partial charge >= 0.3 is 6.18 Å². The van der Waals surface area contributed by atoms with Crippen LogP contribution in [0.15, 0.2) is 18.2 Å². The van der Waals surface area contributed by atoms with Gasteiger partial charge in [0.1, 0.15) is 5.75 Å². The van der Waals surface area contributed by atoms with Crippen molar-refractivity contribution in [3.63, 3.8) is 0 Å². The van der Waals surface area contributed by atoms with E-state index in [0.717, 1.165) is 5.56 Å². The molecule has 0 aliphatic rings. The molecule has 1 aromatic rings. The van der Waals surface area contributed by atoms with E-state index in [0.29, 0.717) is 5.56 Å². The molecule has 0 bridgehead atoms. The SMILES string of the molecule is Cc1ccc(CN)c(OCC(F)(F)F)c1. The smallest absolute Gasteiger partial charge is 0.422 e. The molecule has 0 aromatic heterocycles. The minimum Gasteiger partial charge on any atom is -0.484 e. The van der Waals surface area contributed by atoms with Gasteiger partial charge in [-0.1, -0.05) is 12.1 Å². The summed E-state index contributed by atoms with van der Waals surface area (Å²) in [6, 6.07) is 5.00. The monoisotopic (exact) mass is 219 g/mol. The minimum absolute atomic E-state index is 0.160. The highest BCUT2D eigenvalue weighted by Gasteiger charge is 2.28. The number of hydrogen-bond donors (Lipinski definition) is 1. The maximum absolute atomic E-state index is 11.9. The fourth-order valence-electron chi connectivity index (χ4n) is 1.12. The van der Waals surface area contributed by atoms with Gasteiger partial charge in [0.25, 0.3) is 0 Å². The van der Waals surface area contributed by atoms with Crippen molar-refractivity contribution in [3.05, 3.63) is 29.3 Å². The van der Waals surface area contributed by atoms with E-state index in [4.69, 9.17) is 5.73 Å². The molecule has 0 atom stereocenters. The number of benzene rings is 1. The molecule has 0 radical (unpaired) electrons. The van der Waals surface area contributed by atoms with Crippen LogP contribution in [0.3, 0.4) is 0 Å². The molecule has 5 heteroatoms.